The van der Waals surface area contributed by atoms with E-state index in [-0.39, 0.29) is 35.7 Å². The van der Waals surface area contributed by atoms with E-state index in [2.05, 4.69) is 29.6 Å². The summed E-state index contributed by atoms with van der Waals surface area (Å²) in [4.78, 5) is 40.1. The molecule has 0 spiro atoms. The van der Waals surface area contributed by atoms with Crippen LogP contribution in [-0.4, -0.2) is 72.3 Å². The molecule has 3 amide bonds. The number of likely N-dealkylation sites (N-methyl/N-ethyl adjacent to an activating group) is 1. The van der Waals surface area contributed by atoms with Gasteiger partial charge in [-0.2, -0.15) is 5.10 Å². The minimum absolute atomic E-state index is 0.138. The van der Waals surface area contributed by atoms with E-state index in [1.807, 2.05) is 18.2 Å². The first-order valence-corrected chi connectivity index (χ1v) is 11.7. The second-order valence-corrected chi connectivity index (χ2v) is 9.34. The van der Waals surface area contributed by atoms with Gasteiger partial charge in [-0.25, -0.2) is 0 Å². The first-order chi connectivity index (χ1) is 16.6. The zero-order chi connectivity index (χ0) is 25.8. The Hall–Kier alpha value is -3.56. The van der Waals surface area contributed by atoms with Gasteiger partial charge in [0.1, 0.15) is 11.2 Å². The van der Waals surface area contributed by atoms with E-state index >= 15 is 0 Å². The number of carbonyl (C=O) groups is 3. The van der Waals surface area contributed by atoms with Gasteiger partial charge in [0.15, 0.2) is 17.2 Å². The Balaban J connectivity index is 1.65. The van der Waals surface area contributed by atoms with Crippen LogP contribution in [0.25, 0.3) is 0 Å². The molecule has 1 aromatic heterocycles. The maximum atomic E-state index is 13.0. The number of rotatable bonds is 10. The average Bonchev–Trinajstić information content (AvgIpc) is 3.26. The second-order valence-electron chi connectivity index (χ2n) is 9.34. The van der Waals surface area contributed by atoms with E-state index in [1.54, 1.807) is 28.2 Å². The molecule has 1 aliphatic heterocycles. The highest BCUT2D eigenvalue weighted by Gasteiger charge is 2.46. The third-order valence-corrected chi connectivity index (χ3v) is 6.38. The number of aromatic nitrogens is 2. The fourth-order valence-electron chi connectivity index (χ4n) is 3.95. The Labute approximate surface area is 206 Å². The Morgan fingerprint density at radius 2 is 1.83 bits per heavy atom. The molecule has 0 saturated carbocycles. The van der Waals surface area contributed by atoms with Crippen molar-refractivity contribution in [3.05, 3.63) is 41.2 Å². The molecule has 1 aromatic carbocycles. The van der Waals surface area contributed by atoms with Crippen molar-refractivity contribution in [2.45, 2.75) is 45.7 Å². The van der Waals surface area contributed by atoms with Gasteiger partial charge in [0.05, 0.1) is 20.8 Å². The number of carbonyl (C=O) groups excluding carboxylic acids is 3. The maximum Gasteiger partial charge on any atom is 0.272 e. The third-order valence-electron chi connectivity index (χ3n) is 6.38. The summed E-state index contributed by atoms with van der Waals surface area (Å²) in [6.07, 6.45) is 1.43. The summed E-state index contributed by atoms with van der Waals surface area (Å²) in [5.74, 6) is 0.743. The van der Waals surface area contributed by atoms with Crippen LogP contribution in [0, 0.1) is 5.92 Å². The number of hydrogen-bond donors (Lipinski definition) is 2. The molecule has 0 fully saturated rings. The van der Waals surface area contributed by atoms with Gasteiger partial charge in [-0.15, -0.1) is 0 Å². The van der Waals surface area contributed by atoms with E-state index in [0.29, 0.717) is 36.9 Å². The molecule has 190 valence electrons. The Kier molecular flexibility index (Phi) is 8.03. The topological polar surface area (TPSA) is 115 Å². The van der Waals surface area contributed by atoms with Gasteiger partial charge in [-0.1, -0.05) is 19.9 Å². The molecular weight excluding hydrogens is 450 g/mol. The van der Waals surface area contributed by atoms with Crippen LogP contribution in [0.2, 0.25) is 0 Å². The Morgan fingerprint density at radius 1 is 1.11 bits per heavy atom. The van der Waals surface area contributed by atoms with E-state index in [9.17, 15) is 14.4 Å². The van der Waals surface area contributed by atoms with Crippen LogP contribution < -0.4 is 20.1 Å². The summed E-state index contributed by atoms with van der Waals surface area (Å²) in [5, 5.41) is 10.1. The van der Waals surface area contributed by atoms with Crippen molar-refractivity contribution in [2.75, 3.05) is 34.4 Å². The molecule has 2 N–H and O–H groups in total. The molecule has 0 saturated heterocycles. The van der Waals surface area contributed by atoms with Crippen molar-refractivity contribution < 1.29 is 23.9 Å². The number of nitrogens with zero attached hydrogens (tertiary/aromatic N) is 3. The molecule has 2 aromatic rings. The molecule has 1 atom stereocenters. The summed E-state index contributed by atoms with van der Waals surface area (Å²) in [5.41, 5.74) is 0.292. The van der Waals surface area contributed by atoms with Crippen molar-refractivity contribution in [3.8, 4) is 11.5 Å². The lowest BCUT2D eigenvalue weighted by Gasteiger charge is -2.40. The molecule has 35 heavy (non-hydrogen) atoms. The van der Waals surface area contributed by atoms with Gasteiger partial charge in [0, 0.05) is 26.2 Å². The molecule has 1 aliphatic rings. The van der Waals surface area contributed by atoms with Gasteiger partial charge in [-0.3, -0.25) is 19.1 Å². The fraction of sp³-hybridized carbons (Fsp3) is 0.520. The molecule has 10 heteroatoms. The molecule has 0 bridgehead atoms. The molecule has 2 heterocycles. The van der Waals surface area contributed by atoms with Crippen molar-refractivity contribution in [2.24, 2.45) is 5.92 Å². The van der Waals surface area contributed by atoms with E-state index in [4.69, 9.17) is 9.47 Å². The van der Waals surface area contributed by atoms with Crippen LogP contribution in [0.15, 0.2) is 24.3 Å². The number of hydrogen-bond acceptors (Lipinski definition) is 6. The largest absolute Gasteiger partial charge is 0.493 e. The molecule has 3 rings (SSSR count). The highest BCUT2D eigenvalue weighted by atomic mass is 16.5. The van der Waals surface area contributed by atoms with Crippen molar-refractivity contribution in [1.29, 1.82) is 0 Å². The standard InChI is InChI=1S/C25H35N5O5/c1-16(2)9-11-27-24(33)25(3)15-30-19(23(32)29(25)4)14-18(28-30)22(31)26-12-10-17-7-8-20(34-5)21(13-17)35-6/h7-8,13-14,16H,9-12,15H2,1-6H3,(H,26,31)(H,27,33). The number of amides is 3. The monoisotopic (exact) mass is 485 g/mol. The van der Waals surface area contributed by atoms with Crippen molar-refractivity contribution in [3.63, 3.8) is 0 Å². The SMILES string of the molecule is COc1ccc(CCNC(=O)c2cc3n(n2)CC(C)(C(=O)NCCC(C)C)N(C)C3=O)cc1OC. The lowest BCUT2D eigenvalue weighted by atomic mass is 9.95. The second kappa shape index (κ2) is 10.8. The molecule has 10 nitrogen and oxygen atoms in total. The number of benzene rings is 1. The lowest BCUT2D eigenvalue weighted by Crippen LogP contribution is -2.62. The van der Waals surface area contributed by atoms with E-state index in [1.165, 1.54) is 15.6 Å². The zero-order valence-corrected chi connectivity index (χ0v) is 21.3. The van der Waals surface area contributed by atoms with Crippen molar-refractivity contribution in [1.82, 2.24) is 25.3 Å². The van der Waals surface area contributed by atoms with Crippen LogP contribution in [0.1, 0.15) is 53.7 Å². The summed E-state index contributed by atoms with van der Waals surface area (Å²) < 4.78 is 12.0. The van der Waals surface area contributed by atoms with Gasteiger partial charge < -0.3 is 25.0 Å². The summed E-state index contributed by atoms with van der Waals surface area (Å²) in [7, 11) is 4.75. The van der Waals surface area contributed by atoms with Gasteiger partial charge in [0.25, 0.3) is 11.8 Å². The number of fused-ring (bicyclic) bond motifs is 1. The highest BCUT2D eigenvalue weighted by molar-refractivity contribution is 6.01. The van der Waals surface area contributed by atoms with Crippen LogP contribution >= 0.6 is 0 Å². The minimum atomic E-state index is -1.10. The van der Waals surface area contributed by atoms with Gasteiger partial charge >= 0.3 is 0 Å². The van der Waals surface area contributed by atoms with Crippen LogP contribution in [0.5, 0.6) is 11.5 Å². The highest BCUT2D eigenvalue weighted by Crippen LogP contribution is 2.28. The molecule has 0 radical (unpaired) electrons. The summed E-state index contributed by atoms with van der Waals surface area (Å²) in [6.45, 7) is 6.95. The summed E-state index contributed by atoms with van der Waals surface area (Å²) in [6, 6.07) is 7.06. The fourth-order valence-corrected chi connectivity index (χ4v) is 3.95. The normalized spacial score (nSPS) is 17.2. The lowest BCUT2D eigenvalue weighted by molar-refractivity contribution is -0.132. The Bertz CT molecular complexity index is 1100. The number of nitrogens with one attached hydrogen (secondary N) is 2. The van der Waals surface area contributed by atoms with Crippen LogP contribution in [0.3, 0.4) is 0 Å². The minimum Gasteiger partial charge on any atom is -0.493 e. The van der Waals surface area contributed by atoms with Crippen LogP contribution in [0.4, 0.5) is 0 Å². The van der Waals surface area contributed by atoms with Crippen LogP contribution in [-0.2, 0) is 17.8 Å². The third kappa shape index (κ3) is 5.58. The average molecular weight is 486 g/mol. The molecular formula is C25H35N5O5. The number of methoxy groups -OCH3 is 2. The quantitative estimate of drug-likeness (QED) is 0.531. The predicted molar refractivity (Wildman–Crippen MR) is 131 cm³/mol. The van der Waals surface area contributed by atoms with Crippen molar-refractivity contribution >= 4 is 17.7 Å². The van der Waals surface area contributed by atoms with Gasteiger partial charge in [0.2, 0.25) is 5.91 Å². The smallest absolute Gasteiger partial charge is 0.272 e. The predicted octanol–water partition coefficient (Wildman–Crippen LogP) is 1.88. The molecule has 0 aliphatic carbocycles. The Morgan fingerprint density at radius 3 is 2.49 bits per heavy atom. The van der Waals surface area contributed by atoms with E-state index < -0.39 is 5.54 Å². The maximum absolute atomic E-state index is 13.0. The first kappa shape index (κ1) is 26.1. The molecule has 1 unspecified atom stereocenters. The number of ether oxygens (including phenoxy) is 2. The van der Waals surface area contributed by atoms with Gasteiger partial charge in [-0.05, 0) is 43.4 Å². The van der Waals surface area contributed by atoms with E-state index in [0.717, 1.165) is 12.0 Å². The zero-order valence-electron chi connectivity index (χ0n) is 21.3. The summed E-state index contributed by atoms with van der Waals surface area (Å²) >= 11 is 0. The first-order valence-electron chi connectivity index (χ1n) is 11.7.